The Morgan fingerprint density at radius 2 is 1.95 bits per heavy atom. The van der Waals surface area contributed by atoms with E-state index < -0.39 is 23.8 Å². The van der Waals surface area contributed by atoms with E-state index in [0.29, 0.717) is 0 Å². The van der Waals surface area contributed by atoms with Gasteiger partial charge in [0.25, 0.3) is 5.91 Å². The SMILES string of the molecule is Cc1ccc(C(=O)NCCC(=O)N[C@H](C)C(=O)O)c(O)c1. The Morgan fingerprint density at radius 1 is 1.29 bits per heavy atom. The van der Waals surface area contributed by atoms with Crippen LogP contribution < -0.4 is 10.6 Å². The summed E-state index contributed by atoms with van der Waals surface area (Å²) in [5, 5.41) is 23.0. The van der Waals surface area contributed by atoms with Crippen LogP contribution in [0.25, 0.3) is 0 Å². The Labute approximate surface area is 122 Å². The first-order valence-electron chi connectivity index (χ1n) is 6.41. The van der Waals surface area contributed by atoms with E-state index in [9.17, 15) is 19.5 Å². The van der Waals surface area contributed by atoms with Gasteiger partial charge in [0, 0.05) is 13.0 Å². The van der Waals surface area contributed by atoms with Crippen molar-refractivity contribution in [3.8, 4) is 5.75 Å². The van der Waals surface area contributed by atoms with E-state index in [1.165, 1.54) is 19.1 Å². The molecule has 4 N–H and O–H groups in total. The lowest BCUT2D eigenvalue weighted by Gasteiger charge is -2.10. The van der Waals surface area contributed by atoms with Crippen LogP contribution in [0.4, 0.5) is 0 Å². The fraction of sp³-hybridized carbons (Fsp3) is 0.357. The maximum Gasteiger partial charge on any atom is 0.325 e. The number of nitrogens with one attached hydrogen (secondary N) is 2. The lowest BCUT2D eigenvalue weighted by Crippen LogP contribution is -2.39. The second-order valence-electron chi connectivity index (χ2n) is 4.65. The second-order valence-corrected chi connectivity index (χ2v) is 4.65. The fourth-order valence-corrected chi connectivity index (χ4v) is 1.59. The molecule has 114 valence electrons. The number of phenolic OH excluding ortho intramolecular Hbond substituents is 1. The monoisotopic (exact) mass is 294 g/mol. The third-order valence-corrected chi connectivity index (χ3v) is 2.78. The van der Waals surface area contributed by atoms with Gasteiger partial charge >= 0.3 is 5.97 Å². The molecule has 0 bridgehead atoms. The Hall–Kier alpha value is -2.57. The number of aromatic hydroxyl groups is 1. The van der Waals surface area contributed by atoms with E-state index >= 15 is 0 Å². The maximum atomic E-state index is 11.8. The highest BCUT2D eigenvalue weighted by atomic mass is 16.4. The molecule has 0 aromatic heterocycles. The predicted molar refractivity (Wildman–Crippen MR) is 75.0 cm³/mol. The van der Waals surface area contributed by atoms with Crippen molar-refractivity contribution in [1.29, 1.82) is 0 Å². The summed E-state index contributed by atoms with van der Waals surface area (Å²) in [5.74, 6) is -2.22. The minimum atomic E-state index is -1.13. The van der Waals surface area contributed by atoms with Crippen molar-refractivity contribution >= 4 is 17.8 Å². The van der Waals surface area contributed by atoms with E-state index in [1.54, 1.807) is 13.0 Å². The summed E-state index contributed by atoms with van der Waals surface area (Å²) in [6.07, 6.45) is -0.0457. The van der Waals surface area contributed by atoms with Crippen LogP contribution in [-0.4, -0.2) is 40.6 Å². The van der Waals surface area contributed by atoms with Gasteiger partial charge in [0.05, 0.1) is 5.56 Å². The highest BCUT2D eigenvalue weighted by Gasteiger charge is 2.14. The minimum absolute atomic E-state index is 0.0457. The van der Waals surface area contributed by atoms with Gasteiger partial charge < -0.3 is 20.8 Å². The molecular weight excluding hydrogens is 276 g/mol. The van der Waals surface area contributed by atoms with Gasteiger partial charge in [0.2, 0.25) is 5.91 Å². The molecule has 0 fully saturated rings. The molecule has 0 saturated carbocycles. The summed E-state index contributed by atoms with van der Waals surface area (Å²) in [6, 6.07) is 3.67. The molecule has 1 rings (SSSR count). The van der Waals surface area contributed by atoms with Crippen LogP contribution in [0.15, 0.2) is 18.2 Å². The van der Waals surface area contributed by atoms with Gasteiger partial charge in [-0.05, 0) is 31.5 Å². The van der Waals surface area contributed by atoms with Gasteiger partial charge in [-0.15, -0.1) is 0 Å². The van der Waals surface area contributed by atoms with E-state index in [2.05, 4.69) is 10.6 Å². The smallest absolute Gasteiger partial charge is 0.325 e. The quantitative estimate of drug-likeness (QED) is 0.606. The molecule has 0 aliphatic rings. The van der Waals surface area contributed by atoms with E-state index in [4.69, 9.17) is 5.11 Å². The molecule has 7 heteroatoms. The molecule has 0 heterocycles. The number of amides is 2. The van der Waals surface area contributed by atoms with Gasteiger partial charge in [0.1, 0.15) is 11.8 Å². The molecule has 0 spiro atoms. The molecular formula is C14H18N2O5. The normalized spacial score (nSPS) is 11.5. The van der Waals surface area contributed by atoms with Gasteiger partial charge in [-0.25, -0.2) is 0 Å². The lowest BCUT2D eigenvalue weighted by molar-refractivity contribution is -0.141. The van der Waals surface area contributed by atoms with E-state index in [-0.39, 0.29) is 24.3 Å². The Balaban J connectivity index is 2.43. The van der Waals surface area contributed by atoms with Crippen molar-refractivity contribution in [2.75, 3.05) is 6.54 Å². The molecule has 1 atom stereocenters. The minimum Gasteiger partial charge on any atom is -0.507 e. The van der Waals surface area contributed by atoms with Gasteiger partial charge in [-0.2, -0.15) is 0 Å². The van der Waals surface area contributed by atoms with Gasteiger partial charge in [-0.3, -0.25) is 14.4 Å². The summed E-state index contributed by atoms with van der Waals surface area (Å²) < 4.78 is 0. The summed E-state index contributed by atoms with van der Waals surface area (Å²) >= 11 is 0. The molecule has 0 unspecified atom stereocenters. The van der Waals surface area contributed by atoms with Crippen molar-refractivity contribution in [3.05, 3.63) is 29.3 Å². The first-order valence-corrected chi connectivity index (χ1v) is 6.41. The average molecular weight is 294 g/mol. The largest absolute Gasteiger partial charge is 0.507 e. The molecule has 0 saturated heterocycles. The number of carbonyl (C=O) groups excluding carboxylic acids is 2. The number of hydrogen-bond acceptors (Lipinski definition) is 4. The number of carbonyl (C=O) groups is 3. The summed E-state index contributed by atoms with van der Waals surface area (Å²) in [7, 11) is 0. The zero-order valence-corrected chi connectivity index (χ0v) is 11.8. The topological polar surface area (TPSA) is 116 Å². The fourth-order valence-electron chi connectivity index (χ4n) is 1.59. The molecule has 7 nitrogen and oxygen atoms in total. The Kier molecular flexibility index (Phi) is 5.71. The van der Waals surface area contributed by atoms with Crippen LogP contribution >= 0.6 is 0 Å². The second kappa shape index (κ2) is 7.28. The van der Waals surface area contributed by atoms with Crippen molar-refractivity contribution in [2.45, 2.75) is 26.3 Å². The number of aliphatic carboxylic acids is 1. The Morgan fingerprint density at radius 3 is 2.52 bits per heavy atom. The molecule has 2 amide bonds. The van der Waals surface area contributed by atoms with Crippen LogP contribution in [0.2, 0.25) is 0 Å². The van der Waals surface area contributed by atoms with Crippen molar-refractivity contribution < 1.29 is 24.6 Å². The molecule has 1 aromatic carbocycles. The summed E-state index contributed by atoms with van der Waals surface area (Å²) in [6.45, 7) is 3.18. The maximum absolute atomic E-state index is 11.8. The van der Waals surface area contributed by atoms with Crippen LogP contribution in [-0.2, 0) is 9.59 Å². The standard InChI is InChI=1S/C14H18N2O5/c1-8-3-4-10(11(17)7-8)13(19)15-6-5-12(18)16-9(2)14(20)21/h3-4,7,9,17H,5-6H2,1-2H3,(H,15,19)(H,16,18)(H,20,21)/t9-/m1/s1. The lowest BCUT2D eigenvalue weighted by atomic mass is 10.1. The van der Waals surface area contributed by atoms with Crippen LogP contribution in [0.3, 0.4) is 0 Å². The van der Waals surface area contributed by atoms with Crippen LogP contribution in [0.5, 0.6) is 5.75 Å². The molecule has 1 aromatic rings. The Bertz CT molecular complexity index is 556. The summed E-state index contributed by atoms with van der Waals surface area (Å²) in [4.78, 5) is 33.8. The number of benzene rings is 1. The van der Waals surface area contributed by atoms with Crippen molar-refractivity contribution in [2.24, 2.45) is 0 Å². The average Bonchev–Trinajstić information content (AvgIpc) is 2.38. The van der Waals surface area contributed by atoms with Crippen LogP contribution in [0, 0.1) is 6.92 Å². The third kappa shape index (κ3) is 5.13. The zero-order chi connectivity index (χ0) is 16.0. The highest BCUT2D eigenvalue weighted by Crippen LogP contribution is 2.17. The number of hydrogen-bond donors (Lipinski definition) is 4. The number of phenols is 1. The summed E-state index contributed by atoms with van der Waals surface area (Å²) in [5.41, 5.74) is 0.950. The first-order chi connectivity index (χ1) is 9.81. The third-order valence-electron chi connectivity index (χ3n) is 2.78. The molecule has 0 aliphatic carbocycles. The van der Waals surface area contributed by atoms with Gasteiger partial charge in [-0.1, -0.05) is 6.07 Å². The predicted octanol–water partition coefficient (Wildman–Crippen LogP) is 0.410. The number of carboxylic acid groups (broad SMARTS) is 1. The van der Waals surface area contributed by atoms with Crippen LogP contribution in [0.1, 0.15) is 29.3 Å². The molecule has 0 radical (unpaired) electrons. The first kappa shape index (κ1) is 16.5. The molecule has 21 heavy (non-hydrogen) atoms. The van der Waals surface area contributed by atoms with Crippen molar-refractivity contribution in [3.63, 3.8) is 0 Å². The number of rotatable bonds is 6. The number of carboxylic acids is 1. The highest BCUT2D eigenvalue weighted by molar-refractivity contribution is 5.97. The van der Waals surface area contributed by atoms with Gasteiger partial charge in [0.15, 0.2) is 0 Å². The van der Waals surface area contributed by atoms with E-state index in [0.717, 1.165) is 5.56 Å². The number of aryl methyl sites for hydroxylation is 1. The van der Waals surface area contributed by atoms with Crippen molar-refractivity contribution in [1.82, 2.24) is 10.6 Å². The zero-order valence-electron chi connectivity index (χ0n) is 11.8. The molecule has 0 aliphatic heterocycles. The van der Waals surface area contributed by atoms with E-state index in [1.807, 2.05) is 0 Å².